The summed E-state index contributed by atoms with van der Waals surface area (Å²) in [5.74, 6) is -0.270. The average Bonchev–Trinajstić information content (AvgIpc) is 3.13. The van der Waals surface area contributed by atoms with Crippen molar-refractivity contribution in [2.45, 2.75) is 38.5 Å². The van der Waals surface area contributed by atoms with Gasteiger partial charge >= 0.3 is 5.97 Å². The van der Waals surface area contributed by atoms with E-state index in [-0.39, 0.29) is 23.3 Å². The summed E-state index contributed by atoms with van der Waals surface area (Å²) in [4.78, 5) is 30.4. The molecular formula is C23H21FN2O5. The van der Waals surface area contributed by atoms with Crippen LogP contribution in [0.2, 0.25) is 0 Å². The lowest BCUT2D eigenvalue weighted by Gasteiger charge is -2.31. The molecule has 2 aliphatic rings. The van der Waals surface area contributed by atoms with Gasteiger partial charge in [-0.3, -0.25) is 9.18 Å². The number of aromatic nitrogens is 2. The van der Waals surface area contributed by atoms with Gasteiger partial charge in [0.15, 0.2) is 5.60 Å². The summed E-state index contributed by atoms with van der Waals surface area (Å²) in [5, 5.41) is 11.9. The molecule has 1 aromatic carbocycles. The number of rotatable bonds is 4. The van der Waals surface area contributed by atoms with E-state index in [0.717, 1.165) is 28.5 Å². The molecule has 7 nitrogen and oxygen atoms in total. The highest BCUT2D eigenvalue weighted by molar-refractivity contribution is 5.89. The van der Waals surface area contributed by atoms with E-state index in [1.807, 2.05) is 25.1 Å². The molecule has 1 atom stereocenters. The molecule has 1 N–H and O–H groups in total. The monoisotopic (exact) mass is 424 g/mol. The number of methoxy groups -OCH3 is 1. The van der Waals surface area contributed by atoms with Crippen LogP contribution < -0.4 is 10.3 Å². The van der Waals surface area contributed by atoms with E-state index in [0.29, 0.717) is 23.7 Å². The van der Waals surface area contributed by atoms with E-state index < -0.39 is 24.7 Å². The van der Waals surface area contributed by atoms with E-state index in [4.69, 9.17) is 14.5 Å². The Bertz CT molecular complexity index is 1320. The smallest absolute Gasteiger partial charge is 0.343 e. The van der Waals surface area contributed by atoms with Crippen LogP contribution in [0, 0.1) is 0 Å². The SMILES string of the molecule is CCc1c2c(nc3cc(OC)ccc13)-c1cc3c(c(=O)n1C2)COC(=O)C3(O)CCF. The van der Waals surface area contributed by atoms with Crippen molar-refractivity contribution >= 4 is 16.9 Å². The molecule has 0 spiro atoms. The molecule has 160 valence electrons. The normalized spacial score (nSPS) is 19.0. The van der Waals surface area contributed by atoms with E-state index in [1.54, 1.807) is 17.7 Å². The van der Waals surface area contributed by atoms with Crippen LogP contribution in [-0.4, -0.2) is 34.4 Å². The lowest BCUT2D eigenvalue weighted by atomic mass is 9.85. The second-order valence-corrected chi connectivity index (χ2v) is 7.84. The van der Waals surface area contributed by atoms with Crippen LogP contribution in [0.5, 0.6) is 5.75 Å². The average molecular weight is 424 g/mol. The van der Waals surface area contributed by atoms with E-state index in [2.05, 4.69) is 0 Å². The molecule has 0 amide bonds. The topological polar surface area (TPSA) is 90.6 Å². The Morgan fingerprint density at radius 3 is 2.81 bits per heavy atom. The van der Waals surface area contributed by atoms with Crippen molar-refractivity contribution in [3.8, 4) is 17.1 Å². The summed E-state index contributed by atoms with van der Waals surface area (Å²) in [7, 11) is 1.58. The second kappa shape index (κ2) is 6.88. The third kappa shape index (κ3) is 2.64. The van der Waals surface area contributed by atoms with Crippen molar-refractivity contribution in [3.05, 3.63) is 56.9 Å². The van der Waals surface area contributed by atoms with Crippen molar-refractivity contribution in [3.63, 3.8) is 0 Å². The molecule has 0 aliphatic carbocycles. The summed E-state index contributed by atoms with van der Waals surface area (Å²) in [6.45, 7) is 1.21. The second-order valence-electron chi connectivity index (χ2n) is 7.84. The van der Waals surface area contributed by atoms with Gasteiger partial charge in [0.1, 0.15) is 12.4 Å². The van der Waals surface area contributed by atoms with Crippen molar-refractivity contribution in [2.24, 2.45) is 0 Å². The number of aliphatic hydroxyl groups is 1. The summed E-state index contributed by atoms with van der Waals surface area (Å²) in [5.41, 5.74) is 1.60. The minimum absolute atomic E-state index is 0.107. The number of halogens is 1. The number of aryl methyl sites for hydroxylation is 1. The fraction of sp³-hybridized carbons (Fsp3) is 0.348. The minimum Gasteiger partial charge on any atom is -0.497 e. The number of carbonyl (C=O) groups is 1. The van der Waals surface area contributed by atoms with Gasteiger partial charge in [-0.25, -0.2) is 9.78 Å². The Balaban J connectivity index is 1.81. The fourth-order valence-electron chi connectivity index (χ4n) is 4.72. The number of hydrogen-bond donors (Lipinski definition) is 1. The molecule has 31 heavy (non-hydrogen) atoms. The zero-order valence-corrected chi connectivity index (χ0v) is 17.2. The largest absolute Gasteiger partial charge is 0.497 e. The van der Waals surface area contributed by atoms with Gasteiger partial charge in [0, 0.05) is 29.0 Å². The molecule has 4 heterocycles. The third-order valence-corrected chi connectivity index (χ3v) is 6.31. The maximum atomic E-state index is 13.3. The number of esters is 1. The molecular weight excluding hydrogens is 403 g/mol. The first-order valence-corrected chi connectivity index (χ1v) is 10.2. The summed E-state index contributed by atoms with van der Waals surface area (Å²) >= 11 is 0. The first-order valence-electron chi connectivity index (χ1n) is 10.2. The number of fused-ring (bicyclic) bond motifs is 5. The molecule has 8 heteroatoms. The number of benzene rings is 1. The number of hydrogen-bond acceptors (Lipinski definition) is 6. The molecule has 2 aliphatic heterocycles. The Kier molecular flexibility index (Phi) is 4.37. The van der Waals surface area contributed by atoms with Gasteiger partial charge in [-0.1, -0.05) is 6.92 Å². The van der Waals surface area contributed by atoms with Gasteiger partial charge in [0.2, 0.25) is 0 Å². The van der Waals surface area contributed by atoms with Gasteiger partial charge < -0.3 is 19.1 Å². The molecule has 2 aromatic heterocycles. The van der Waals surface area contributed by atoms with Crippen molar-refractivity contribution in [1.29, 1.82) is 0 Å². The highest BCUT2D eigenvalue weighted by atomic mass is 19.1. The Morgan fingerprint density at radius 2 is 2.10 bits per heavy atom. The van der Waals surface area contributed by atoms with E-state index in [9.17, 15) is 19.1 Å². The first kappa shape index (κ1) is 19.7. The fourth-order valence-corrected chi connectivity index (χ4v) is 4.72. The van der Waals surface area contributed by atoms with Crippen LogP contribution in [0.3, 0.4) is 0 Å². The Labute approximate surface area is 177 Å². The predicted octanol–water partition coefficient (Wildman–Crippen LogP) is 2.60. The standard InChI is InChI=1S/C23H21FN2O5/c1-3-13-14-5-4-12(30-2)8-18(14)25-20-15(13)10-26-19(20)9-17-16(21(26)27)11-31-22(28)23(17,29)6-7-24/h4-5,8-9,29H,3,6-7,10-11H2,1-2H3. The Morgan fingerprint density at radius 1 is 1.29 bits per heavy atom. The predicted molar refractivity (Wildman–Crippen MR) is 111 cm³/mol. The molecule has 0 saturated carbocycles. The van der Waals surface area contributed by atoms with Crippen molar-refractivity contribution in [1.82, 2.24) is 9.55 Å². The lowest BCUT2D eigenvalue weighted by Crippen LogP contribution is -2.45. The molecule has 0 saturated heterocycles. The maximum Gasteiger partial charge on any atom is 0.343 e. The molecule has 0 fully saturated rings. The van der Waals surface area contributed by atoms with Crippen LogP contribution in [0.1, 0.15) is 35.6 Å². The highest BCUT2D eigenvalue weighted by Gasteiger charge is 2.46. The zero-order chi connectivity index (χ0) is 21.9. The molecule has 3 aromatic rings. The molecule has 0 bridgehead atoms. The van der Waals surface area contributed by atoms with Crippen LogP contribution >= 0.6 is 0 Å². The zero-order valence-electron chi connectivity index (χ0n) is 17.2. The number of ether oxygens (including phenoxy) is 2. The number of nitrogens with zero attached hydrogens (tertiary/aromatic N) is 2. The quantitative estimate of drug-likeness (QED) is 0.507. The van der Waals surface area contributed by atoms with Crippen LogP contribution in [-0.2, 0) is 34.7 Å². The van der Waals surface area contributed by atoms with Gasteiger partial charge in [0.25, 0.3) is 5.56 Å². The molecule has 1 unspecified atom stereocenters. The maximum absolute atomic E-state index is 13.3. The Hall–Kier alpha value is -3.26. The number of carbonyl (C=O) groups excluding carboxylic acids is 1. The highest BCUT2D eigenvalue weighted by Crippen LogP contribution is 2.40. The van der Waals surface area contributed by atoms with E-state index in [1.165, 1.54) is 0 Å². The van der Waals surface area contributed by atoms with Crippen LogP contribution in [0.4, 0.5) is 4.39 Å². The summed E-state index contributed by atoms with van der Waals surface area (Å²) in [6, 6.07) is 7.27. The van der Waals surface area contributed by atoms with Gasteiger partial charge in [-0.05, 0) is 30.2 Å². The number of pyridine rings is 2. The van der Waals surface area contributed by atoms with Gasteiger partial charge in [-0.2, -0.15) is 0 Å². The molecule has 0 radical (unpaired) electrons. The van der Waals surface area contributed by atoms with Crippen molar-refractivity contribution < 1.29 is 23.8 Å². The van der Waals surface area contributed by atoms with Crippen molar-refractivity contribution in [2.75, 3.05) is 13.8 Å². The minimum atomic E-state index is -2.19. The van der Waals surface area contributed by atoms with E-state index >= 15 is 0 Å². The van der Waals surface area contributed by atoms with Crippen LogP contribution in [0.15, 0.2) is 29.1 Å². The lowest BCUT2D eigenvalue weighted by molar-refractivity contribution is -0.173. The first-order chi connectivity index (χ1) is 14.9. The number of alkyl halides is 1. The summed E-state index contributed by atoms with van der Waals surface area (Å²) < 4.78 is 25.1. The molecule has 5 rings (SSSR count). The summed E-state index contributed by atoms with van der Waals surface area (Å²) in [6.07, 6.45) is 0.265. The van der Waals surface area contributed by atoms with Gasteiger partial charge in [0.05, 0.1) is 42.8 Å². The third-order valence-electron chi connectivity index (χ3n) is 6.31. The number of cyclic esters (lactones) is 1. The van der Waals surface area contributed by atoms with Crippen LogP contribution in [0.25, 0.3) is 22.3 Å². The van der Waals surface area contributed by atoms with Gasteiger partial charge in [-0.15, -0.1) is 0 Å².